The second kappa shape index (κ2) is 10.5. The molecule has 1 heterocycles. The lowest BCUT2D eigenvalue weighted by Crippen LogP contribution is -2.69. The molecular formula is C22H31F3N4O6. The Labute approximate surface area is 200 Å². The highest BCUT2D eigenvalue weighted by Crippen LogP contribution is 2.56. The Balaban J connectivity index is 1.64. The standard InChI is InChI=1S/C22H31F3N4O6/c1-11(2)5-15(28-19(33)20(34)29-21-7-12(8-21)9-21)18(32)27-14(6-13-3-4-26-17(13)31)16(30)10-35-22(23,24)25/h11-15H,3-10H2,1-2H3,(H,26,31)(H,27,32)(H,28,33)(H,29,34)/t12?,13-,14-,15-,21?/m0/s1. The van der Waals surface area contributed by atoms with Crippen LogP contribution in [-0.4, -0.2) is 66.5 Å². The fourth-order valence-corrected chi connectivity index (χ4v) is 4.81. The molecule has 1 saturated heterocycles. The van der Waals surface area contributed by atoms with E-state index >= 15 is 0 Å². The third-order valence-electron chi connectivity index (χ3n) is 6.72. The van der Waals surface area contributed by atoms with E-state index in [-0.39, 0.29) is 30.2 Å². The van der Waals surface area contributed by atoms with Crippen molar-refractivity contribution in [3.8, 4) is 0 Å². The molecule has 0 radical (unpaired) electrons. The Kier molecular flexibility index (Phi) is 8.07. The van der Waals surface area contributed by atoms with Crippen LogP contribution in [0.15, 0.2) is 0 Å². The summed E-state index contributed by atoms with van der Waals surface area (Å²) in [6, 6.07) is -2.66. The largest absolute Gasteiger partial charge is 0.522 e. The van der Waals surface area contributed by atoms with Crippen LogP contribution in [-0.2, 0) is 28.7 Å². The number of carbonyl (C=O) groups excluding carboxylic acids is 5. The third kappa shape index (κ3) is 7.15. The first-order chi connectivity index (χ1) is 16.3. The molecule has 13 heteroatoms. The molecule has 4 fully saturated rings. The van der Waals surface area contributed by atoms with Gasteiger partial charge in [-0.05, 0) is 50.4 Å². The van der Waals surface area contributed by atoms with Crippen molar-refractivity contribution in [2.24, 2.45) is 17.8 Å². The smallest absolute Gasteiger partial charge is 0.356 e. The number of amides is 4. The predicted octanol–water partition coefficient (Wildman–Crippen LogP) is 0.303. The molecule has 0 aromatic heterocycles. The van der Waals surface area contributed by atoms with Gasteiger partial charge in [0.2, 0.25) is 11.8 Å². The van der Waals surface area contributed by atoms with Crippen LogP contribution < -0.4 is 21.3 Å². The minimum atomic E-state index is -5.04. The van der Waals surface area contributed by atoms with E-state index < -0.39 is 54.5 Å². The number of halogens is 3. The van der Waals surface area contributed by atoms with Gasteiger partial charge in [-0.3, -0.25) is 28.7 Å². The quantitative estimate of drug-likeness (QED) is 0.298. The van der Waals surface area contributed by atoms with Crippen molar-refractivity contribution in [1.82, 2.24) is 21.3 Å². The molecule has 4 N–H and O–H groups in total. The maximum atomic E-state index is 13.0. The molecule has 3 aliphatic carbocycles. The monoisotopic (exact) mass is 504 g/mol. The van der Waals surface area contributed by atoms with Crippen molar-refractivity contribution in [2.45, 2.75) is 76.4 Å². The van der Waals surface area contributed by atoms with Crippen molar-refractivity contribution in [3.63, 3.8) is 0 Å². The summed E-state index contributed by atoms with van der Waals surface area (Å²) in [5, 5.41) is 10.0. The molecule has 0 spiro atoms. The molecule has 1 aliphatic heterocycles. The molecule has 3 saturated carbocycles. The Morgan fingerprint density at radius 2 is 1.74 bits per heavy atom. The number of hydrogen-bond donors (Lipinski definition) is 4. The predicted molar refractivity (Wildman–Crippen MR) is 114 cm³/mol. The Bertz CT molecular complexity index is 861. The molecule has 4 amide bonds. The maximum Gasteiger partial charge on any atom is 0.522 e. The van der Waals surface area contributed by atoms with Crippen LogP contribution in [0.5, 0.6) is 0 Å². The summed E-state index contributed by atoms with van der Waals surface area (Å²) >= 11 is 0. The van der Waals surface area contributed by atoms with E-state index in [4.69, 9.17) is 0 Å². The molecule has 196 valence electrons. The van der Waals surface area contributed by atoms with Crippen molar-refractivity contribution >= 4 is 29.4 Å². The Hall–Kier alpha value is -2.70. The molecule has 0 aromatic rings. The van der Waals surface area contributed by atoms with Gasteiger partial charge in [-0.15, -0.1) is 13.2 Å². The minimum absolute atomic E-state index is 0.102. The first-order valence-electron chi connectivity index (χ1n) is 11.7. The van der Waals surface area contributed by atoms with Crippen molar-refractivity contribution in [3.05, 3.63) is 0 Å². The summed E-state index contributed by atoms with van der Waals surface area (Å²) in [4.78, 5) is 62.2. The van der Waals surface area contributed by atoms with Crippen molar-refractivity contribution < 1.29 is 41.9 Å². The Morgan fingerprint density at radius 1 is 1.09 bits per heavy atom. The molecule has 4 rings (SSSR count). The number of rotatable bonds is 11. The summed E-state index contributed by atoms with van der Waals surface area (Å²) in [6.45, 7) is 2.56. The van der Waals surface area contributed by atoms with E-state index in [2.05, 4.69) is 26.0 Å². The van der Waals surface area contributed by atoms with E-state index in [9.17, 15) is 37.1 Å². The van der Waals surface area contributed by atoms with E-state index in [1.165, 1.54) is 0 Å². The van der Waals surface area contributed by atoms with E-state index in [0.717, 1.165) is 19.3 Å². The zero-order chi connectivity index (χ0) is 26.0. The molecule has 4 aliphatic rings. The zero-order valence-corrected chi connectivity index (χ0v) is 19.6. The molecule has 0 unspecified atom stereocenters. The van der Waals surface area contributed by atoms with Crippen LogP contribution in [0.1, 0.15) is 52.4 Å². The van der Waals surface area contributed by atoms with Crippen LogP contribution in [0, 0.1) is 17.8 Å². The lowest BCUT2D eigenvalue weighted by atomic mass is 9.50. The van der Waals surface area contributed by atoms with Gasteiger partial charge in [0.05, 0.1) is 6.04 Å². The van der Waals surface area contributed by atoms with Crippen molar-refractivity contribution in [1.29, 1.82) is 0 Å². The van der Waals surface area contributed by atoms with Gasteiger partial charge >= 0.3 is 18.2 Å². The summed E-state index contributed by atoms with van der Waals surface area (Å²) < 4.78 is 40.9. The molecular weight excluding hydrogens is 473 g/mol. The lowest BCUT2D eigenvalue weighted by molar-refractivity contribution is -0.321. The Morgan fingerprint density at radius 3 is 2.23 bits per heavy atom. The normalized spacial score (nSPS) is 26.6. The number of nitrogens with one attached hydrogen (secondary N) is 4. The molecule has 10 nitrogen and oxygen atoms in total. The number of ether oxygens (including phenoxy) is 1. The fourth-order valence-electron chi connectivity index (χ4n) is 4.81. The van der Waals surface area contributed by atoms with Crippen LogP contribution in [0.4, 0.5) is 13.2 Å². The van der Waals surface area contributed by atoms with E-state index in [0.29, 0.717) is 18.9 Å². The molecule has 2 bridgehead atoms. The van der Waals surface area contributed by atoms with Gasteiger partial charge in [0.1, 0.15) is 12.6 Å². The number of hydrogen-bond acceptors (Lipinski definition) is 6. The SMILES string of the molecule is CC(C)C[C@H](NC(=O)C(=O)NC12CC(C1)C2)C(=O)N[C@@H](C[C@@H]1CCNC1=O)C(=O)COC(F)(F)F. The van der Waals surface area contributed by atoms with Gasteiger partial charge < -0.3 is 21.3 Å². The zero-order valence-electron chi connectivity index (χ0n) is 19.6. The first-order valence-corrected chi connectivity index (χ1v) is 11.7. The lowest BCUT2D eigenvalue weighted by Gasteiger charge is -2.61. The van der Waals surface area contributed by atoms with Gasteiger partial charge in [0, 0.05) is 18.0 Å². The van der Waals surface area contributed by atoms with Gasteiger partial charge in [-0.1, -0.05) is 13.8 Å². The highest BCUT2D eigenvalue weighted by molar-refractivity contribution is 6.35. The second-order valence-electron chi connectivity index (χ2n) is 10.1. The minimum Gasteiger partial charge on any atom is -0.356 e. The number of ketones is 1. The second-order valence-corrected chi connectivity index (χ2v) is 10.1. The maximum absolute atomic E-state index is 13.0. The van der Waals surface area contributed by atoms with Crippen LogP contribution in [0.3, 0.4) is 0 Å². The summed E-state index contributed by atoms with van der Waals surface area (Å²) in [7, 11) is 0. The molecule has 0 aromatic carbocycles. The van der Waals surface area contributed by atoms with Gasteiger partial charge in [-0.25, -0.2) is 0 Å². The van der Waals surface area contributed by atoms with Gasteiger partial charge in [-0.2, -0.15) is 0 Å². The number of carbonyl (C=O) groups is 5. The van der Waals surface area contributed by atoms with Gasteiger partial charge in [0.25, 0.3) is 0 Å². The molecule has 3 atom stereocenters. The topological polar surface area (TPSA) is 143 Å². The highest BCUT2D eigenvalue weighted by atomic mass is 19.4. The fraction of sp³-hybridized carbons (Fsp3) is 0.773. The first kappa shape index (κ1) is 26.9. The van der Waals surface area contributed by atoms with Gasteiger partial charge in [0.15, 0.2) is 5.78 Å². The average Bonchev–Trinajstić information content (AvgIpc) is 3.10. The van der Waals surface area contributed by atoms with Crippen LogP contribution >= 0.6 is 0 Å². The molecule has 35 heavy (non-hydrogen) atoms. The van der Waals surface area contributed by atoms with E-state index in [1.807, 2.05) is 0 Å². The van der Waals surface area contributed by atoms with E-state index in [1.54, 1.807) is 13.8 Å². The summed E-state index contributed by atoms with van der Waals surface area (Å²) in [5.41, 5.74) is -0.341. The number of alkyl halides is 3. The van der Waals surface area contributed by atoms with Crippen molar-refractivity contribution in [2.75, 3.05) is 13.2 Å². The third-order valence-corrected chi connectivity index (χ3v) is 6.72. The number of Topliss-reactive ketones (excluding diaryl/α,β-unsaturated/α-hetero) is 1. The summed E-state index contributed by atoms with van der Waals surface area (Å²) in [5.74, 6) is -4.34. The summed E-state index contributed by atoms with van der Waals surface area (Å²) in [6.07, 6.45) is -2.34. The average molecular weight is 505 g/mol. The highest BCUT2D eigenvalue weighted by Gasteiger charge is 2.57. The van der Waals surface area contributed by atoms with Crippen LogP contribution in [0.2, 0.25) is 0 Å². The van der Waals surface area contributed by atoms with Crippen LogP contribution in [0.25, 0.3) is 0 Å².